The Morgan fingerprint density at radius 2 is 1.90 bits per heavy atom. The molecule has 0 spiro atoms. The summed E-state index contributed by atoms with van der Waals surface area (Å²) < 4.78 is 90.4. The number of ether oxygens (including phenoxy) is 1. The maximum Gasteiger partial charge on any atom is 0.573 e. The van der Waals surface area contributed by atoms with Crippen LogP contribution in [0.1, 0.15) is 0 Å². The molecule has 112 valence electrons. The van der Waals surface area contributed by atoms with Crippen molar-refractivity contribution < 1.29 is 44.4 Å². The lowest BCUT2D eigenvalue weighted by Crippen LogP contribution is -2.20. The van der Waals surface area contributed by atoms with Crippen molar-refractivity contribution in [3.63, 3.8) is 0 Å². The smallest absolute Gasteiger partial charge is 0.404 e. The van der Waals surface area contributed by atoms with Gasteiger partial charge in [-0.2, -0.15) is 13.3 Å². The standard InChI is InChI=1S/C8H5F4O6PS/c9-5-2-1-3-6(18-8(10,11)12)7(5)20(15,16)17-4-19(13)14/h1-3H,4H2/p+1. The minimum atomic E-state index is -5.25. The Labute approximate surface area is 110 Å². The van der Waals surface area contributed by atoms with Crippen molar-refractivity contribution in [2.75, 3.05) is 6.35 Å². The quantitative estimate of drug-likeness (QED) is 0.503. The second kappa shape index (κ2) is 6.00. The molecule has 1 N–H and O–H groups in total. The van der Waals surface area contributed by atoms with Crippen LogP contribution in [0.5, 0.6) is 5.75 Å². The molecule has 0 aliphatic carbocycles. The number of hydrogen-bond acceptors (Lipinski definition) is 5. The monoisotopic (exact) mass is 337 g/mol. The minimum Gasteiger partial charge on any atom is -0.404 e. The van der Waals surface area contributed by atoms with E-state index in [1.807, 2.05) is 0 Å². The molecule has 0 aliphatic heterocycles. The van der Waals surface area contributed by atoms with Crippen molar-refractivity contribution in [1.82, 2.24) is 0 Å². The summed E-state index contributed by atoms with van der Waals surface area (Å²) in [5.74, 6) is -2.90. The highest BCUT2D eigenvalue weighted by Gasteiger charge is 2.36. The van der Waals surface area contributed by atoms with Crippen molar-refractivity contribution in [2.45, 2.75) is 11.3 Å². The van der Waals surface area contributed by atoms with Gasteiger partial charge in [-0.05, 0) is 16.7 Å². The summed E-state index contributed by atoms with van der Waals surface area (Å²) in [5, 5.41) is 0. The predicted molar refractivity (Wildman–Crippen MR) is 56.0 cm³/mol. The topological polar surface area (TPSA) is 89.9 Å². The van der Waals surface area contributed by atoms with Crippen molar-refractivity contribution >= 4 is 18.1 Å². The van der Waals surface area contributed by atoms with Crippen LogP contribution in [0.25, 0.3) is 0 Å². The average Bonchev–Trinajstić information content (AvgIpc) is 2.24. The van der Waals surface area contributed by atoms with E-state index in [4.69, 9.17) is 4.89 Å². The van der Waals surface area contributed by atoms with Gasteiger partial charge >= 0.3 is 24.5 Å². The number of alkyl halides is 3. The molecule has 20 heavy (non-hydrogen) atoms. The first-order valence-corrected chi connectivity index (χ1v) is 7.41. The Kier molecular flexibility index (Phi) is 5.03. The van der Waals surface area contributed by atoms with E-state index in [9.17, 15) is 30.5 Å². The molecule has 1 rings (SSSR count). The molecule has 1 atom stereocenters. The second-order valence-corrected chi connectivity index (χ2v) is 5.68. The molecule has 0 bridgehead atoms. The van der Waals surface area contributed by atoms with Crippen LogP contribution >= 0.6 is 8.03 Å². The fourth-order valence-electron chi connectivity index (χ4n) is 1.11. The zero-order valence-corrected chi connectivity index (χ0v) is 11.0. The van der Waals surface area contributed by atoms with E-state index in [2.05, 4.69) is 8.92 Å². The summed E-state index contributed by atoms with van der Waals surface area (Å²) in [4.78, 5) is 6.90. The molecular weight excluding hydrogens is 331 g/mol. The molecule has 1 aromatic rings. The number of rotatable bonds is 5. The Morgan fingerprint density at radius 3 is 2.40 bits per heavy atom. The van der Waals surface area contributed by atoms with Gasteiger partial charge < -0.3 is 4.74 Å². The van der Waals surface area contributed by atoms with Gasteiger partial charge in [-0.15, -0.1) is 13.2 Å². The van der Waals surface area contributed by atoms with Crippen molar-refractivity contribution in [2.24, 2.45) is 0 Å². The lowest BCUT2D eigenvalue weighted by molar-refractivity contribution is -0.275. The summed E-state index contributed by atoms with van der Waals surface area (Å²) in [6, 6.07) is 1.92. The van der Waals surface area contributed by atoms with Gasteiger partial charge in [0.15, 0.2) is 10.6 Å². The summed E-state index contributed by atoms with van der Waals surface area (Å²) >= 11 is 0. The lowest BCUT2D eigenvalue weighted by atomic mass is 10.3. The molecule has 0 amide bonds. The van der Waals surface area contributed by atoms with Gasteiger partial charge in [0.1, 0.15) is 5.82 Å². The van der Waals surface area contributed by atoms with Crippen LogP contribution in [-0.4, -0.2) is 26.0 Å². The number of benzene rings is 1. The molecule has 1 aromatic carbocycles. The van der Waals surface area contributed by atoms with Crippen LogP contribution in [-0.2, 0) is 18.9 Å². The predicted octanol–water partition coefficient (Wildman–Crippen LogP) is 2.12. The molecule has 6 nitrogen and oxygen atoms in total. The molecule has 1 unspecified atom stereocenters. The molecular formula is C8H6F4O6PS+. The summed E-state index contributed by atoms with van der Waals surface area (Å²) in [7, 11) is -8.07. The maximum absolute atomic E-state index is 13.4. The van der Waals surface area contributed by atoms with Crippen LogP contribution in [0, 0.1) is 5.82 Å². The molecule has 12 heteroatoms. The molecule has 0 heterocycles. The van der Waals surface area contributed by atoms with Gasteiger partial charge in [0.2, 0.25) is 0 Å². The fraction of sp³-hybridized carbons (Fsp3) is 0.250. The third-order valence-corrected chi connectivity index (χ3v) is 3.57. The van der Waals surface area contributed by atoms with E-state index >= 15 is 0 Å². The van der Waals surface area contributed by atoms with Crippen LogP contribution in [0.2, 0.25) is 0 Å². The zero-order chi connectivity index (χ0) is 15.6. The maximum atomic E-state index is 13.4. The van der Waals surface area contributed by atoms with Gasteiger partial charge in [0.25, 0.3) is 6.35 Å². The van der Waals surface area contributed by atoms with Gasteiger partial charge in [-0.1, -0.05) is 6.07 Å². The summed E-state index contributed by atoms with van der Waals surface area (Å²) in [5.41, 5.74) is 0. The molecule has 0 fully saturated rings. The van der Waals surface area contributed by atoms with Gasteiger partial charge in [-0.3, -0.25) is 0 Å². The van der Waals surface area contributed by atoms with Gasteiger partial charge in [0.05, 0.1) is 0 Å². The lowest BCUT2D eigenvalue weighted by Gasteiger charge is -2.12. The second-order valence-electron chi connectivity index (χ2n) is 3.17. The van der Waals surface area contributed by atoms with Crippen molar-refractivity contribution in [1.29, 1.82) is 0 Å². The minimum absolute atomic E-state index is 0.561. The van der Waals surface area contributed by atoms with E-state index in [-0.39, 0.29) is 0 Å². The van der Waals surface area contributed by atoms with Crippen molar-refractivity contribution in [3.8, 4) is 5.75 Å². The first kappa shape index (κ1) is 16.8. The molecule has 0 saturated carbocycles. The Hall–Kier alpha value is -1.29. The summed E-state index contributed by atoms with van der Waals surface area (Å²) in [6.07, 6.45) is -6.47. The first-order valence-electron chi connectivity index (χ1n) is 4.60. The largest absolute Gasteiger partial charge is 0.573 e. The Bertz CT molecular complexity index is 614. The van der Waals surface area contributed by atoms with Crippen LogP contribution in [0.4, 0.5) is 17.6 Å². The van der Waals surface area contributed by atoms with Gasteiger partial charge in [-0.25, -0.2) is 8.57 Å². The third kappa shape index (κ3) is 4.67. The third-order valence-electron chi connectivity index (χ3n) is 1.72. The Balaban J connectivity index is 3.25. The molecule has 0 radical (unpaired) electrons. The van der Waals surface area contributed by atoms with E-state index in [1.54, 1.807) is 0 Å². The highest BCUT2D eigenvalue weighted by atomic mass is 32.2. The highest BCUT2D eigenvalue weighted by molar-refractivity contribution is 7.87. The molecule has 0 aromatic heterocycles. The average molecular weight is 337 g/mol. The number of hydrogen-bond donors (Lipinski definition) is 1. The van der Waals surface area contributed by atoms with Crippen LogP contribution in [0.15, 0.2) is 23.1 Å². The Morgan fingerprint density at radius 1 is 1.30 bits per heavy atom. The zero-order valence-electron chi connectivity index (χ0n) is 9.29. The normalized spacial score (nSPS) is 13.2. The van der Waals surface area contributed by atoms with E-state index in [1.165, 1.54) is 0 Å². The SMILES string of the molecule is O=[P+](O)COS(=O)(=O)c1c(F)cccc1OC(F)(F)F. The van der Waals surface area contributed by atoms with E-state index < -0.39 is 47.3 Å². The van der Waals surface area contributed by atoms with Gasteiger partial charge in [0, 0.05) is 0 Å². The molecule has 0 saturated heterocycles. The number of halogens is 4. The van der Waals surface area contributed by atoms with E-state index in [0.717, 1.165) is 6.07 Å². The first-order chi connectivity index (χ1) is 9.03. The fourth-order valence-corrected chi connectivity index (χ4v) is 2.81. The van der Waals surface area contributed by atoms with Crippen LogP contribution in [0.3, 0.4) is 0 Å². The van der Waals surface area contributed by atoms with E-state index in [0.29, 0.717) is 12.1 Å². The summed E-state index contributed by atoms with van der Waals surface area (Å²) in [6.45, 7) is 0. The molecule has 0 aliphatic rings. The highest BCUT2D eigenvalue weighted by Crippen LogP contribution is 2.33. The van der Waals surface area contributed by atoms with Crippen molar-refractivity contribution in [3.05, 3.63) is 24.0 Å². The van der Waals surface area contributed by atoms with Crippen LogP contribution < -0.4 is 4.74 Å².